The minimum atomic E-state index is 0.255. The highest BCUT2D eigenvalue weighted by Gasteiger charge is 1.76. The van der Waals surface area contributed by atoms with Crippen LogP contribution < -0.4 is 11.5 Å². The maximum atomic E-state index is 9.81. The highest BCUT2D eigenvalue weighted by molar-refractivity contribution is 5.74. The van der Waals surface area contributed by atoms with E-state index in [4.69, 9.17) is 11.5 Å². The third-order valence-corrected chi connectivity index (χ3v) is 0.770. The number of rotatable bonds is 2. The molecule has 0 atom stereocenters. The Morgan fingerprint density at radius 1 is 1.60 bits per heavy atom. The molecule has 0 spiro atoms. The van der Waals surface area contributed by atoms with E-state index < -0.39 is 0 Å². The molecule has 0 aromatic heterocycles. The second-order valence-electron chi connectivity index (χ2n) is 1.72. The predicted octanol–water partition coefficient (Wildman–Crippen LogP) is 0.403. The molecule has 0 unspecified atom stereocenters. The van der Waals surface area contributed by atoms with E-state index in [0.717, 1.165) is 0 Å². The molecule has 0 amide bonds. The largest absolute Gasteiger partial charge is 0.405 e. The first kappa shape index (κ1) is 11.9. The van der Waals surface area contributed by atoms with Gasteiger partial charge in [-0.3, -0.25) is 0 Å². The summed E-state index contributed by atoms with van der Waals surface area (Å²) >= 11 is 0. The molecule has 0 aliphatic carbocycles. The van der Waals surface area contributed by atoms with Crippen LogP contribution in [0.1, 0.15) is 20.3 Å². The Morgan fingerprint density at radius 2 is 2.00 bits per heavy atom. The van der Waals surface area contributed by atoms with Gasteiger partial charge in [0.15, 0.2) is 0 Å². The second-order valence-corrected chi connectivity index (χ2v) is 1.72. The van der Waals surface area contributed by atoms with E-state index in [1.165, 1.54) is 6.20 Å². The Labute approximate surface area is 62.1 Å². The van der Waals surface area contributed by atoms with Crippen LogP contribution in [-0.4, -0.2) is 12.3 Å². The van der Waals surface area contributed by atoms with Crippen molar-refractivity contribution in [2.45, 2.75) is 20.3 Å². The van der Waals surface area contributed by atoms with Gasteiger partial charge in [0.2, 0.25) is 0 Å². The van der Waals surface area contributed by atoms with E-state index in [-0.39, 0.29) is 5.78 Å². The predicted molar refractivity (Wildman–Crippen MR) is 43.4 cm³/mol. The quantitative estimate of drug-likeness (QED) is 0.589. The summed E-state index contributed by atoms with van der Waals surface area (Å²) in [7, 11) is 0. The number of carbonyl (C=O) groups excluding carboxylic acids is 1. The molecule has 0 fully saturated rings. The smallest absolute Gasteiger partial charge is 0.129 e. The summed E-state index contributed by atoms with van der Waals surface area (Å²) < 4.78 is 0. The Balaban J connectivity index is 0. The average molecular weight is 144 g/mol. The van der Waals surface area contributed by atoms with Crippen LogP contribution in [0.5, 0.6) is 0 Å². The Bertz CT molecular complexity index is 99.8. The van der Waals surface area contributed by atoms with E-state index in [1.807, 2.05) is 6.92 Å². The molecule has 3 nitrogen and oxygen atoms in total. The van der Waals surface area contributed by atoms with Gasteiger partial charge < -0.3 is 16.3 Å². The van der Waals surface area contributed by atoms with Crippen molar-refractivity contribution in [3.63, 3.8) is 0 Å². The molecule has 0 bridgehead atoms. The lowest BCUT2D eigenvalue weighted by Crippen LogP contribution is -1.93. The molecular formula is C7H16N2O. The number of nitrogens with two attached hydrogens (primary N) is 2. The Morgan fingerprint density at radius 3 is 2.00 bits per heavy atom. The molecule has 0 aromatic rings. The van der Waals surface area contributed by atoms with Crippen LogP contribution in [0.25, 0.3) is 0 Å². The summed E-state index contributed by atoms with van der Waals surface area (Å²) in [6.45, 7) is 3.97. The van der Waals surface area contributed by atoms with Gasteiger partial charge >= 0.3 is 0 Å². The van der Waals surface area contributed by atoms with Crippen molar-refractivity contribution in [1.82, 2.24) is 0 Å². The van der Waals surface area contributed by atoms with Crippen molar-refractivity contribution >= 4 is 5.78 Å². The number of Topliss-reactive ketones (excluding diaryl/α,β-unsaturated/α-hetero) is 1. The molecule has 10 heavy (non-hydrogen) atoms. The molecule has 0 saturated heterocycles. The molecule has 0 aliphatic heterocycles. The van der Waals surface area contributed by atoms with Crippen LogP contribution >= 0.6 is 0 Å². The first-order valence-electron chi connectivity index (χ1n) is 3.25. The van der Waals surface area contributed by atoms with Crippen LogP contribution in [0.15, 0.2) is 12.3 Å². The monoisotopic (exact) mass is 144 g/mol. The molecule has 4 N–H and O–H groups in total. The van der Waals surface area contributed by atoms with Crippen molar-refractivity contribution in [3.05, 3.63) is 12.3 Å². The standard InChI is InChI=1S/C4H8O.C3H8N2/c1-3-4(2)5;4-2-1-3-5/h3H2,1-2H3;1-2H,3-5H2. The first-order chi connectivity index (χ1) is 4.68. The fourth-order valence-electron chi connectivity index (χ4n) is 0.0786. The van der Waals surface area contributed by atoms with Gasteiger partial charge in [-0.25, -0.2) is 0 Å². The Kier molecular flexibility index (Phi) is 13.1. The number of hydrogen-bond donors (Lipinski definition) is 2. The lowest BCUT2D eigenvalue weighted by Gasteiger charge is -1.71. The third kappa shape index (κ3) is 27.2. The molecule has 0 saturated carbocycles. The molecule has 3 heteroatoms. The molecule has 0 rings (SSSR count). The fourth-order valence-corrected chi connectivity index (χ4v) is 0.0786. The summed E-state index contributed by atoms with van der Waals surface area (Å²) in [5.41, 5.74) is 9.85. The van der Waals surface area contributed by atoms with Gasteiger partial charge in [-0.15, -0.1) is 0 Å². The molecule has 0 radical (unpaired) electrons. The van der Waals surface area contributed by atoms with E-state index in [1.54, 1.807) is 13.0 Å². The topological polar surface area (TPSA) is 69.1 Å². The zero-order valence-corrected chi connectivity index (χ0v) is 6.63. The summed E-state index contributed by atoms with van der Waals surface area (Å²) in [4.78, 5) is 9.81. The number of carbonyl (C=O) groups is 1. The lowest BCUT2D eigenvalue weighted by molar-refractivity contribution is -0.116. The van der Waals surface area contributed by atoms with Crippen molar-refractivity contribution in [2.75, 3.05) is 6.54 Å². The summed E-state index contributed by atoms with van der Waals surface area (Å²) in [6.07, 6.45) is 3.78. The Hall–Kier alpha value is -0.830. The maximum absolute atomic E-state index is 9.81. The van der Waals surface area contributed by atoms with Crippen molar-refractivity contribution in [3.8, 4) is 0 Å². The van der Waals surface area contributed by atoms with Gasteiger partial charge in [-0.1, -0.05) is 13.0 Å². The fraction of sp³-hybridized carbons (Fsp3) is 0.571. The summed E-state index contributed by atoms with van der Waals surface area (Å²) in [5.74, 6) is 0.255. The average Bonchev–Trinajstić information content (AvgIpc) is 1.91. The number of hydrogen-bond acceptors (Lipinski definition) is 3. The number of ketones is 1. The molecular weight excluding hydrogens is 128 g/mol. The van der Waals surface area contributed by atoms with Crippen LogP contribution in [0.2, 0.25) is 0 Å². The van der Waals surface area contributed by atoms with E-state index in [9.17, 15) is 4.79 Å². The summed E-state index contributed by atoms with van der Waals surface area (Å²) in [6, 6.07) is 0. The molecule has 0 aliphatic rings. The first-order valence-corrected chi connectivity index (χ1v) is 3.25. The van der Waals surface area contributed by atoms with Crippen molar-refractivity contribution in [1.29, 1.82) is 0 Å². The van der Waals surface area contributed by atoms with Gasteiger partial charge in [0.05, 0.1) is 0 Å². The van der Waals surface area contributed by atoms with Gasteiger partial charge in [-0.05, 0) is 13.1 Å². The molecule has 0 aromatic carbocycles. The van der Waals surface area contributed by atoms with Gasteiger partial charge in [0, 0.05) is 13.0 Å². The van der Waals surface area contributed by atoms with Gasteiger partial charge in [-0.2, -0.15) is 0 Å². The normalized spacial score (nSPS) is 8.70. The second kappa shape index (κ2) is 11.0. The van der Waals surface area contributed by atoms with Crippen molar-refractivity contribution in [2.24, 2.45) is 11.5 Å². The van der Waals surface area contributed by atoms with E-state index in [2.05, 4.69) is 0 Å². The van der Waals surface area contributed by atoms with E-state index in [0.29, 0.717) is 13.0 Å². The summed E-state index contributed by atoms with van der Waals surface area (Å²) in [5, 5.41) is 0. The van der Waals surface area contributed by atoms with Crippen LogP contribution in [0.4, 0.5) is 0 Å². The SMILES string of the molecule is CCC(C)=O.NC=CCN. The van der Waals surface area contributed by atoms with Gasteiger partial charge in [0.1, 0.15) is 5.78 Å². The molecule has 60 valence electrons. The third-order valence-electron chi connectivity index (χ3n) is 0.770. The highest BCUT2D eigenvalue weighted by atomic mass is 16.1. The van der Waals surface area contributed by atoms with E-state index >= 15 is 0 Å². The minimum absolute atomic E-state index is 0.255. The molecule has 0 heterocycles. The van der Waals surface area contributed by atoms with Crippen LogP contribution in [0, 0.1) is 0 Å². The zero-order chi connectivity index (χ0) is 8.41. The van der Waals surface area contributed by atoms with Crippen LogP contribution in [-0.2, 0) is 4.79 Å². The minimum Gasteiger partial charge on any atom is -0.405 e. The van der Waals surface area contributed by atoms with Crippen LogP contribution in [0.3, 0.4) is 0 Å². The van der Waals surface area contributed by atoms with Gasteiger partial charge in [0.25, 0.3) is 0 Å². The van der Waals surface area contributed by atoms with Crippen molar-refractivity contribution < 1.29 is 4.79 Å². The highest BCUT2D eigenvalue weighted by Crippen LogP contribution is 1.71. The zero-order valence-electron chi connectivity index (χ0n) is 6.63. The maximum Gasteiger partial charge on any atom is 0.129 e. The lowest BCUT2D eigenvalue weighted by atomic mass is 10.4.